The van der Waals surface area contributed by atoms with Gasteiger partial charge in [0.15, 0.2) is 0 Å². The zero-order chi connectivity index (χ0) is 16.8. The summed E-state index contributed by atoms with van der Waals surface area (Å²) in [5.41, 5.74) is 2.78. The lowest BCUT2D eigenvalue weighted by Crippen LogP contribution is -2.42. The number of fused-ring (bicyclic) bond motifs is 3. The number of nitrogens with zero attached hydrogens (tertiary/aromatic N) is 3. The summed E-state index contributed by atoms with van der Waals surface area (Å²) in [5.74, 6) is 0.289. The number of hydrogen-bond acceptors (Lipinski definition) is 5. The van der Waals surface area contributed by atoms with Crippen LogP contribution in [-0.4, -0.2) is 46.1 Å². The molecule has 2 bridgehead atoms. The van der Waals surface area contributed by atoms with Gasteiger partial charge in [0.05, 0.1) is 16.6 Å². The molecule has 1 amide bonds. The van der Waals surface area contributed by atoms with Gasteiger partial charge in [0, 0.05) is 24.3 Å². The number of nitrogens with one attached hydrogen (secondary N) is 1. The van der Waals surface area contributed by atoms with Gasteiger partial charge in [-0.2, -0.15) is 0 Å². The summed E-state index contributed by atoms with van der Waals surface area (Å²) < 4.78 is 5.42. The van der Waals surface area contributed by atoms with E-state index in [0.29, 0.717) is 17.3 Å². The third-order valence-corrected chi connectivity index (χ3v) is 5.27. The maximum absolute atomic E-state index is 13.5. The molecule has 0 saturated carbocycles. The summed E-state index contributed by atoms with van der Waals surface area (Å²) in [6, 6.07) is 2.52. The van der Waals surface area contributed by atoms with Crippen LogP contribution in [0.1, 0.15) is 60.8 Å². The molecule has 2 aliphatic heterocycles. The quantitative estimate of drug-likeness (QED) is 0.917. The number of carbonyl (C=O) groups is 1. The molecular weight excluding hydrogens is 304 g/mol. The summed E-state index contributed by atoms with van der Waals surface area (Å²) in [6.07, 6.45) is 3.21. The lowest BCUT2D eigenvalue weighted by molar-refractivity contribution is 0.0682. The van der Waals surface area contributed by atoms with Crippen LogP contribution in [0, 0.1) is 6.92 Å². The second-order valence-electron chi connectivity index (χ2n) is 7.30. The highest BCUT2D eigenvalue weighted by molar-refractivity contribution is 6.06. The van der Waals surface area contributed by atoms with E-state index in [2.05, 4.69) is 34.2 Å². The first-order chi connectivity index (χ1) is 11.6. The molecule has 6 heteroatoms. The highest BCUT2D eigenvalue weighted by Crippen LogP contribution is 2.33. The van der Waals surface area contributed by atoms with Crippen molar-refractivity contribution in [3.63, 3.8) is 0 Å². The zero-order valence-electron chi connectivity index (χ0n) is 14.5. The van der Waals surface area contributed by atoms with Gasteiger partial charge in [0.25, 0.3) is 11.6 Å². The van der Waals surface area contributed by atoms with Gasteiger partial charge in [0.2, 0.25) is 0 Å². The standard InChI is InChI=1S/C18H24N4O2/c1-10(2)16-15-14(8-11(3)20-17(15)24-21-16)18(23)22-12-4-5-13(22)9-19-7-6-12/h8,10,12-13,19H,4-7,9H2,1-3H3. The molecular formula is C18H24N4O2. The SMILES string of the molecule is Cc1cc(C(=O)N2C3CCNCC2CC3)c2c(C(C)C)noc2n1. The van der Waals surface area contributed by atoms with Gasteiger partial charge in [-0.05, 0) is 44.7 Å². The fourth-order valence-corrected chi connectivity index (χ4v) is 4.11. The van der Waals surface area contributed by atoms with Gasteiger partial charge < -0.3 is 14.7 Å². The maximum atomic E-state index is 13.5. The first-order valence-corrected chi connectivity index (χ1v) is 8.86. The molecule has 2 fully saturated rings. The highest BCUT2D eigenvalue weighted by Gasteiger charge is 2.39. The number of rotatable bonds is 2. The molecule has 0 radical (unpaired) electrons. The van der Waals surface area contributed by atoms with E-state index in [4.69, 9.17) is 4.52 Å². The summed E-state index contributed by atoms with van der Waals surface area (Å²) in [6.45, 7) is 7.89. The van der Waals surface area contributed by atoms with Crippen LogP contribution in [0.5, 0.6) is 0 Å². The van der Waals surface area contributed by atoms with Crippen molar-refractivity contribution >= 4 is 17.0 Å². The Morgan fingerprint density at radius 3 is 2.92 bits per heavy atom. The van der Waals surface area contributed by atoms with Crippen LogP contribution in [0.15, 0.2) is 10.6 Å². The number of amides is 1. The van der Waals surface area contributed by atoms with E-state index in [9.17, 15) is 4.79 Å². The number of aromatic nitrogens is 2. The van der Waals surface area contributed by atoms with Crippen LogP contribution in [0.3, 0.4) is 0 Å². The second kappa shape index (κ2) is 5.84. The average Bonchev–Trinajstić information content (AvgIpc) is 3.05. The Labute approximate surface area is 141 Å². The molecule has 24 heavy (non-hydrogen) atoms. The van der Waals surface area contributed by atoms with E-state index >= 15 is 0 Å². The van der Waals surface area contributed by atoms with Crippen molar-refractivity contribution < 1.29 is 9.32 Å². The van der Waals surface area contributed by atoms with E-state index in [0.717, 1.165) is 49.1 Å². The predicted molar refractivity (Wildman–Crippen MR) is 91.1 cm³/mol. The van der Waals surface area contributed by atoms with E-state index in [1.807, 2.05) is 13.0 Å². The predicted octanol–water partition coefficient (Wildman–Crippen LogP) is 2.62. The van der Waals surface area contributed by atoms with E-state index in [1.165, 1.54) is 0 Å². The number of aryl methyl sites for hydroxylation is 1. The minimum Gasteiger partial charge on any atom is -0.335 e. The Morgan fingerprint density at radius 1 is 1.33 bits per heavy atom. The number of hydrogen-bond donors (Lipinski definition) is 1. The van der Waals surface area contributed by atoms with Crippen molar-refractivity contribution in [1.82, 2.24) is 20.4 Å². The van der Waals surface area contributed by atoms with Gasteiger partial charge in [-0.1, -0.05) is 19.0 Å². The minimum atomic E-state index is 0.104. The van der Waals surface area contributed by atoms with Gasteiger partial charge in [-0.15, -0.1) is 0 Å². The fourth-order valence-electron chi connectivity index (χ4n) is 4.11. The van der Waals surface area contributed by atoms with Crippen molar-refractivity contribution in [3.05, 3.63) is 23.0 Å². The number of carbonyl (C=O) groups excluding carboxylic acids is 1. The molecule has 2 aliphatic rings. The Kier molecular flexibility index (Phi) is 3.79. The molecule has 0 spiro atoms. The third-order valence-electron chi connectivity index (χ3n) is 5.27. The Bertz CT molecular complexity index is 769. The zero-order valence-corrected chi connectivity index (χ0v) is 14.5. The topological polar surface area (TPSA) is 71.3 Å². The maximum Gasteiger partial charge on any atom is 0.259 e. The van der Waals surface area contributed by atoms with E-state index in [-0.39, 0.29) is 17.9 Å². The number of pyridine rings is 1. The third kappa shape index (κ3) is 2.40. The van der Waals surface area contributed by atoms with Gasteiger partial charge >= 0.3 is 0 Å². The Morgan fingerprint density at radius 2 is 2.12 bits per heavy atom. The van der Waals surface area contributed by atoms with Crippen molar-refractivity contribution in [2.45, 2.75) is 58.0 Å². The van der Waals surface area contributed by atoms with Crippen LogP contribution in [0.4, 0.5) is 0 Å². The largest absolute Gasteiger partial charge is 0.335 e. The molecule has 0 aromatic carbocycles. The van der Waals surface area contributed by atoms with Gasteiger partial charge in [0.1, 0.15) is 0 Å². The van der Waals surface area contributed by atoms with Crippen LogP contribution in [-0.2, 0) is 0 Å². The van der Waals surface area contributed by atoms with E-state index in [1.54, 1.807) is 0 Å². The normalized spacial score (nSPS) is 23.9. The van der Waals surface area contributed by atoms with Crippen molar-refractivity contribution in [3.8, 4) is 0 Å². The van der Waals surface area contributed by atoms with Gasteiger partial charge in [-0.3, -0.25) is 4.79 Å². The molecule has 2 unspecified atom stereocenters. The first kappa shape index (κ1) is 15.6. The van der Waals surface area contributed by atoms with Crippen molar-refractivity contribution in [2.24, 2.45) is 0 Å². The van der Waals surface area contributed by atoms with Crippen LogP contribution >= 0.6 is 0 Å². The summed E-state index contributed by atoms with van der Waals surface area (Å²) in [7, 11) is 0. The van der Waals surface area contributed by atoms with Crippen molar-refractivity contribution in [1.29, 1.82) is 0 Å². The summed E-state index contributed by atoms with van der Waals surface area (Å²) >= 11 is 0. The molecule has 2 saturated heterocycles. The van der Waals surface area contributed by atoms with E-state index < -0.39 is 0 Å². The summed E-state index contributed by atoms with van der Waals surface area (Å²) in [4.78, 5) is 20.0. The molecule has 128 valence electrons. The van der Waals surface area contributed by atoms with Gasteiger partial charge in [-0.25, -0.2) is 4.98 Å². The molecule has 1 N–H and O–H groups in total. The fraction of sp³-hybridized carbons (Fsp3) is 0.611. The van der Waals surface area contributed by atoms with Crippen LogP contribution in [0.25, 0.3) is 11.1 Å². The lowest BCUT2D eigenvalue weighted by atomic mass is 10.0. The molecule has 6 nitrogen and oxygen atoms in total. The molecule has 2 aromatic heterocycles. The Balaban J connectivity index is 1.83. The average molecular weight is 328 g/mol. The highest BCUT2D eigenvalue weighted by atomic mass is 16.5. The van der Waals surface area contributed by atoms with Crippen LogP contribution in [0.2, 0.25) is 0 Å². The smallest absolute Gasteiger partial charge is 0.259 e. The molecule has 2 aromatic rings. The lowest BCUT2D eigenvalue weighted by Gasteiger charge is -2.28. The molecule has 0 aliphatic carbocycles. The minimum absolute atomic E-state index is 0.104. The summed E-state index contributed by atoms with van der Waals surface area (Å²) in [5, 5.41) is 8.42. The van der Waals surface area contributed by atoms with Crippen LogP contribution < -0.4 is 5.32 Å². The van der Waals surface area contributed by atoms with Crippen molar-refractivity contribution in [2.75, 3.05) is 13.1 Å². The molecule has 2 atom stereocenters. The second-order valence-corrected chi connectivity index (χ2v) is 7.30. The monoisotopic (exact) mass is 328 g/mol. The first-order valence-electron chi connectivity index (χ1n) is 8.86. The molecule has 4 heterocycles. The molecule has 4 rings (SSSR count). The Hall–Kier alpha value is -1.95.